The third-order valence-corrected chi connectivity index (χ3v) is 6.21. The molecule has 2 atom stereocenters. The average Bonchev–Trinajstić information content (AvgIpc) is 3.40. The van der Waals surface area contributed by atoms with Crippen LogP contribution in [0.25, 0.3) is 0 Å². The van der Waals surface area contributed by atoms with Crippen LogP contribution in [-0.4, -0.2) is 46.5 Å². The van der Waals surface area contributed by atoms with E-state index in [9.17, 15) is 9.18 Å². The SMILES string of the molecule is COc1ccc(CN2C(=O)c3cccn3[C@H]3CN(Cc4ccccc4F)C[C@@H]32)cc1. The molecule has 1 saturated heterocycles. The van der Waals surface area contributed by atoms with E-state index in [4.69, 9.17) is 4.74 Å². The van der Waals surface area contributed by atoms with Gasteiger partial charge in [0, 0.05) is 37.9 Å². The number of fused-ring (bicyclic) bond motifs is 3. The summed E-state index contributed by atoms with van der Waals surface area (Å²) >= 11 is 0. The van der Waals surface area contributed by atoms with Gasteiger partial charge in [-0.05, 0) is 35.9 Å². The van der Waals surface area contributed by atoms with Crippen molar-refractivity contribution in [2.75, 3.05) is 20.2 Å². The van der Waals surface area contributed by atoms with E-state index < -0.39 is 0 Å². The first-order chi connectivity index (χ1) is 14.6. The zero-order valence-electron chi connectivity index (χ0n) is 16.9. The predicted octanol–water partition coefficient (Wildman–Crippen LogP) is 3.72. The second kappa shape index (κ2) is 7.61. The van der Waals surface area contributed by atoms with Gasteiger partial charge in [0.1, 0.15) is 17.3 Å². The maximum atomic E-state index is 14.2. The van der Waals surface area contributed by atoms with Crippen molar-refractivity contribution in [3.05, 3.63) is 89.5 Å². The maximum Gasteiger partial charge on any atom is 0.271 e. The van der Waals surface area contributed by atoms with Crippen LogP contribution in [0.5, 0.6) is 5.75 Å². The molecule has 6 heteroatoms. The molecule has 2 aliphatic heterocycles. The minimum atomic E-state index is -0.180. The highest BCUT2D eigenvalue weighted by atomic mass is 19.1. The van der Waals surface area contributed by atoms with Crippen molar-refractivity contribution in [2.45, 2.75) is 25.2 Å². The highest BCUT2D eigenvalue weighted by Crippen LogP contribution is 2.35. The van der Waals surface area contributed by atoms with Gasteiger partial charge in [-0.2, -0.15) is 0 Å². The van der Waals surface area contributed by atoms with Gasteiger partial charge >= 0.3 is 0 Å². The number of carbonyl (C=O) groups excluding carboxylic acids is 1. The zero-order chi connectivity index (χ0) is 20.7. The third-order valence-electron chi connectivity index (χ3n) is 6.21. The third kappa shape index (κ3) is 3.27. The van der Waals surface area contributed by atoms with Crippen LogP contribution in [0.2, 0.25) is 0 Å². The van der Waals surface area contributed by atoms with E-state index in [0.717, 1.165) is 30.1 Å². The summed E-state index contributed by atoms with van der Waals surface area (Å²) in [7, 11) is 1.64. The Bertz CT molecular complexity index is 1060. The zero-order valence-corrected chi connectivity index (χ0v) is 16.9. The first kappa shape index (κ1) is 18.9. The minimum absolute atomic E-state index is 0.0461. The number of carbonyl (C=O) groups is 1. The molecule has 5 nitrogen and oxygen atoms in total. The van der Waals surface area contributed by atoms with E-state index >= 15 is 0 Å². The fourth-order valence-corrected chi connectivity index (χ4v) is 4.70. The van der Waals surface area contributed by atoms with E-state index in [0.29, 0.717) is 18.7 Å². The van der Waals surface area contributed by atoms with Gasteiger partial charge in [-0.25, -0.2) is 4.39 Å². The van der Waals surface area contributed by atoms with Gasteiger partial charge in [0.05, 0.1) is 19.2 Å². The molecular formula is C24H24FN3O2. The fourth-order valence-electron chi connectivity index (χ4n) is 4.70. The van der Waals surface area contributed by atoms with Crippen molar-refractivity contribution >= 4 is 5.91 Å². The molecule has 0 radical (unpaired) electrons. The number of aromatic nitrogens is 1. The van der Waals surface area contributed by atoms with E-state index in [-0.39, 0.29) is 23.8 Å². The summed E-state index contributed by atoms with van der Waals surface area (Å²) in [6.07, 6.45) is 1.99. The summed E-state index contributed by atoms with van der Waals surface area (Å²) in [5.74, 6) is 0.664. The number of nitrogens with zero attached hydrogens (tertiary/aromatic N) is 3. The van der Waals surface area contributed by atoms with Gasteiger partial charge < -0.3 is 14.2 Å². The molecule has 0 saturated carbocycles. The van der Waals surface area contributed by atoms with Crippen molar-refractivity contribution in [3.63, 3.8) is 0 Å². The summed E-state index contributed by atoms with van der Waals surface area (Å²) in [4.78, 5) is 17.5. The molecule has 0 bridgehead atoms. The molecule has 2 aromatic carbocycles. The summed E-state index contributed by atoms with van der Waals surface area (Å²) in [5.41, 5.74) is 2.48. The van der Waals surface area contributed by atoms with Crippen LogP contribution in [0.15, 0.2) is 66.9 Å². The van der Waals surface area contributed by atoms with E-state index in [2.05, 4.69) is 9.47 Å². The molecule has 0 aliphatic carbocycles. The van der Waals surface area contributed by atoms with Gasteiger partial charge in [0.15, 0.2) is 0 Å². The normalized spacial score (nSPS) is 20.9. The monoisotopic (exact) mass is 405 g/mol. The highest BCUT2D eigenvalue weighted by molar-refractivity contribution is 5.94. The predicted molar refractivity (Wildman–Crippen MR) is 112 cm³/mol. The van der Waals surface area contributed by atoms with E-state index in [1.807, 2.05) is 59.6 Å². The van der Waals surface area contributed by atoms with Crippen molar-refractivity contribution in [1.82, 2.24) is 14.4 Å². The Kier molecular flexibility index (Phi) is 4.79. The van der Waals surface area contributed by atoms with Crippen LogP contribution in [0.1, 0.15) is 27.7 Å². The molecule has 0 N–H and O–H groups in total. The molecule has 1 aromatic heterocycles. The highest BCUT2D eigenvalue weighted by Gasteiger charge is 2.44. The molecule has 1 fully saturated rings. The standard InChI is InChI=1S/C24H24FN3O2/c1-30-19-10-8-17(9-11-19)13-28-23-16-26(14-18-5-2-3-6-20(18)25)15-22(23)27-12-4-7-21(27)24(28)29/h2-12,22-23H,13-16H2,1H3/t22-,23-/m0/s1. The molecule has 0 spiro atoms. The number of amides is 1. The van der Waals surface area contributed by atoms with Crippen LogP contribution < -0.4 is 4.74 Å². The second-order valence-electron chi connectivity index (χ2n) is 8.00. The Labute approximate surface area is 175 Å². The van der Waals surface area contributed by atoms with Crippen LogP contribution >= 0.6 is 0 Å². The lowest BCUT2D eigenvalue weighted by molar-refractivity contribution is 0.0556. The number of hydrogen-bond donors (Lipinski definition) is 0. The van der Waals surface area contributed by atoms with Crippen LogP contribution in [0, 0.1) is 5.82 Å². The Morgan fingerprint density at radius 3 is 2.50 bits per heavy atom. The molecule has 0 unspecified atom stereocenters. The van der Waals surface area contributed by atoms with Crippen molar-refractivity contribution in [2.24, 2.45) is 0 Å². The number of halogens is 1. The molecule has 3 aromatic rings. The molecular weight excluding hydrogens is 381 g/mol. The van der Waals surface area contributed by atoms with Crippen molar-refractivity contribution in [1.29, 1.82) is 0 Å². The van der Waals surface area contributed by atoms with E-state index in [1.54, 1.807) is 13.2 Å². The number of hydrogen-bond acceptors (Lipinski definition) is 3. The summed E-state index contributed by atoms with van der Waals surface area (Å²) < 4.78 is 21.5. The summed E-state index contributed by atoms with van der Waals surface area (Å²) in [6, 6.07) is 18.8. The molecule has 30 heavy (non-hydrogen) atoms. The molecule has 154 valence electrons. The van der Waals surface area contributed by atoms with Gasteiger partial charge in [-0.15, -0.1) is 0 Å². The lowest BCUT2D eigenvalue weighted by atomic mass is 10.0. The number of rotatable bonds is 5. The Morgan fingerprint density at radius 1 is 0.967 bits per heavy atom. The average molecular weight is 405 g/mol. The Morgan fingerprint density at radius 2 is 1.73 bits per heavy atom. The maximum absolute atomic E-state index is 14.2. The summed E-state index contributed by atoms with van der Waals surface area (Å²) in [6.45, 7) is 2.59. The Balaban J connectivity index is 1.42. The smallest absolute Gasteiger partial charge is 0.271 e. The van der Waals surface area contributed by atoms with Crippen molar-refractivity contribution in [3.8, 4) is 5.75 Å². The fraction of sp³-hybridized carbons (Fsp3) is 0.292. The van der Waals surface area contributed by atoms with Crippen LogP contribution in [0.3, 0.4) is 0 Å². The quantitative estimate of drug-likeness (QED) is 0.649. The summed E-state index contributed by atoms with van der Waals surface area (Å²) in [5, 5.41) is 0. The van der Waals surface area contributed by atoms with Gasteiger partial charge in [0.2, 0.25) is 0 Å². The molecule has 2 aliphatic rings. The number of methoxy groups -OCH3 is 1. The lowest BCUT2D eigenvalue weighted by Crippen LogP contribution is -2.49. The van der Waals surface area contributed by atoms with Crippen LogP contribution in [0.4, 0.5) is 4.39 Å². The van der Waals surface area contributed by atoms with Crippen molar-refractivity contribution < 1.29 is 13.9 Å². The van der Waals surface area contributed by atoms with Crippen LogP contribution in [-0.2, 0) is 13.1 Å². The van der Waals surface area contributed by atoms with Gasteiger partial charge in [-0.1, -0.05) is 30.3 Å². The minimum Gasteiger partial charge on any atom is -0.497 e. The lowest BCUT2D eigenvalue weighted by Gasteiger charge is -2.38. The van der Waals surface area contributed by atoms with Gasteiger partial charge in [0.25, 0.3) is 5.91 Å². The first-order valence-corrected chi connectivity index (χ1v) is 10.2. The number of ether oxygens (including phenoxy) is 1. The van der Waals surface area contributed by atoms with E-state index in [1.165, 1.54) is 6.07 Å². The topological polar surface area (TPSA) is 37.7 Å². The molecule has 3 heterocycles. The largest absolute Gasteiger partial charge is 0.497 e. The molecule has 5 rings (SSSR count). The number of benzene rings is 2. The number of likely N-dealkylation sites (tertiary alicyclic amines) is 1. The second-order valence-corrected chi connectivity index (χ2v) is 8.00. The Hall–Kier alpha value is -3.12. The first-order valence-electron chi connectivity index (χ1n) is 10.2. The molecule has 1 amide bonds. The van der Waals surface area contributed by atoms with Gasteiger partial charge in [-0.3, -0.25) is 9.69 Å².